The van der Waals surface area contributed by atoms with Gasteiger partial charge in [-0.3, -0.25) is 0 Å². The van der Waals surface area contributed by atoms with Crippen LogP contribution in [-0.4, -0.2) is 35.3 Å². The van der Waals surface area contributed by atoms with E-state index < -0.39 is 20.8 Å². The maximum Gasteiger partial charge on any atom is 0.187 e. The van der Waals surface area contributed by atoms with Gasteiger partial charge >= 0.3 is 0 Å². The molecule has 4 aromatic rings. The third-order valence-corrected chi connectivity index (χ3v) is 8.89. The minimum Gasteiger partial charge on any atom is -0.382 e. The van der Waals surface area contributed by atoms with Crippen molar-refractivity contribution in [3.8, 4) is 34.0 Å². The van der Waals surface area contributed by atoms with Gasteiger partial charge in [0, 0.05) is 29.3 Å². The lowest BCUT2D eigenvalue weighted by Gasteiger charge is -2.19. The standard InChI is InChI=1S/C25H24FN5O3S/c1-25(2)23(26)17-10-16(8-9-21(17)35(25,32)33)19-13-29-24(27)22(30-19)18-11-20(34-31-18)15-6-4-14(5-7-15)12-28-3/h4-11,13,23,28H,12H2,1-3H3,(H2,27,29)/t23-/m0/s1. The van der Waals surface area contributed by atoms with Gasteiger partial charge in [0.1, 0.15) is 22.3 Å². The molecule has 1 aliphatic heterocycles. The zero-order valence-electron chi connectivity index (χ0n) is 19.4. The summed E-state index contributed by atoms with van der Waals surface area (Å²) in [7, 11) is -1.89. The number of halogens is 1. The highest BCUT2D eigenvalue weighted by Gasteiger charge is 2.52. The van der Waals surface area contributed by atoms with Crippen molar-refractivity contribution in [2.75, 3.05) is 12.8 Å². The Morgan fingerprint density at radius 1 is 1.09 bits per heavy atom. The summed E-state index contributed by atoms with van der Waals surface area (Å²) in [6, 6.07) is 14.1. The van der Waals surface area contributed by atoms with E-state index in [1.807, 2.05) is 31.3 Å². The van der Waals surface area contributed by atoms with Crippen molar-refractivity contribution < 1.29 is 17.3 Å². The highest BCUT2D eigenvalue weighted by Crippen LogP contribution is 2.49. The summed E-state index contributed by atoms with van der Waals surface area (Å²) in [4.78, 5) is 8.83. The minimum absolute atomic E-state index is 0.00394. The first-order chi connectivity index (χ1) is 16.6. The van der Waals surface area contributed by atoms with Crippen molar-refractivity contribution in [1.82, 2.24) is 20.4 Å². The van der Waals surface area contributed by atoms with Crippen LogP contribution in [0.25, 0.3) is 34.0 Å². The van der Waals surface area contributed by atoms with Crippen molar-refractivity contribution in [3.63, 3.8) is 0 Å². The fourth-order valence-corrected chi connectivity index (χ4v) is 5.87. The number of hydrogen-bond acceptors (Lipinski definition) is 8. The predicted molar refractivity (Wildman–Crippen MR) is 131 cm³/mol. The molecule has 0 radical (unpaired) electrons. The molecular formula is C25H24FN5O3S. The van der Waals surface area contributed by atoms with Crippen molar-refractivity contribution in [1.29, 1.82) is 0 Å². The second-order valence-corrected chi connectivity index (χ2v) is 11.5. The Morgan fingerprint density at radius 2 is 1.80 bits per heavy atom. The summed E-state index contributed by atoms with van der Waals surface area (Å²) in [5, 5.41) is 7.22. The molecule has 1 aliphatic rings. The van der Waals surface area contributed by atoms with Crippen molar-refractivity contribution in [2.24, 2.45) is 0 Å². The molecular weight excluding hydrogens is 469 g/mol. The number of aromatic nitrogens is 3. The molecule has 0 unspecified atom stereocenters. The smallest absolute Gasteiger partial charge is 0.187 e. The van der Waals surface area contributed by atoms with Gasteiger partial charge in [0.05, 0.1) is 16.8 Å². The van der Waals surface area contributed by atoms with Crippen LogP contribution in [0.2, 0.25) is 0 Å². The van der Waals surface area contributed by atoms with Crippen LogP contribution in [0.15, 0.2) is 64.1 Å². The van der Waals surface area contributed by atoms with E-state index in [0.717, 1.165) is 17.7 Å². The first-order valence-electron chi connectivity index (χ1n) is 11.0. The van der Waals surface area contributed by atoms with E-state index in [9.17, 15) is 8.42 Å². The van der Waals surface area contributed by atoms with Gasteiger partial charge in [-0.05, 0) is 38.6 Å². The molecule has 2 aromatic carbocycles. The Hall–Kier alpha value is -3.63. The summed E-state index contributed by atoms with van der Waals surface area (Å²) in [6.45, 7) is 3.55. The Labute approximate surface area is 202 Å². The first-order valence-corrected chi connectivity index (χ1v) is 12.5. The van der Waals surface area contributed by atoms with E-state index in [4.69, 9.17) is 10.3 Å². The largest absolute Gasteiger partial charge is 0.382 e. The Morgan fingerprint density at radius 3 is 2.51 bits per heavy atom. The average Bonchev–Trinajstić information content (AvgIpc) is 3.38. The van der Waals surface area contributed by atoms with Crippen LogP contribution in [0.5, 0.6) is 0 Å². The SMILES string of the molecule is CNCc1ccc(-c2cc(-c3nc(-c4ccc5c(c4)[C@H](F)C(C)(C)S5(=O)=O)cnc3N)no2)cc1. The number of sulfone groups is 1. The van der Waals surface area contributed by atoms with Gasteiger partial charge in [-0.2, -0.15) is 0 Å². The molecule has 3 N–H and O–H groups in total. The molecule has 0 aliphatic carbocycles. The number of hydrogen-bond donors (Lipinski definition) is 2. The zero-order valence-corrected chi connectivity index (χ0v) is 20.2. The van der Waals surface area contributed by atoms with Crippen LogP contribution in [-0.2, 0) is 16.4 Å². The van der Waals surface area contributed by atoms with E-state index in [0.29, 0.717) is 28.4 Å². The summed E-state index contributed by atoms with van der Waals surface area (Å²) < 4.78 is 44.5. The molecule has 2 aromatic heterocycles. The number of nitrogen functional groups attached to an aromatic ring is 1. The average molecular weight is 494 g/mol. The second-order valence-electron chi connectivity index (χ2n) is 9.01. The zero-order chi connectivity index (χ0) is 25.0. The van der Waals surface area contributed by atoms with Gasteiger partial charge in [-0.15, -0.1) is 0 Å². The lowest BCUT2D eigenvalue weighted by molar-refractivity contribution is 0.284. The van der Waals surface area contributed by atoms with Crippen molar-refractivity contribution in [3.05, 3.63) is 65.9 Å². The van der Waals surface area contributed by atoms with Crippen LogP contribution >= 0.6 is 0 Å². The Balaban J connectivity index is 1.50. The van der Waals surface area contributed by atoms with E-state index in [1.165, 1.54) is 32.2 Å². The van der Waals surface area contributed by atoms with Crippen molar-refractivity contribution >= 4 is 15.7 Å². The molecule has 0 amide bonds. The van der Waals surface area contributed by atoms with Crippen molar-refractivity contribution in [2.45, 2.75) is 36.2 Å². The van der Waals surface area contributed by atoms with Gasteiger partial charge in [-0.25, -0.2) is 22.8 Å². The molecule has 1 atom stereocenters. The summed E-state index contributed by atoms with van der Waals surface area (Å²) in [6.07, 6.45) is -0.189. The van der Waals surface area contributed by atoms with Gasteiger partial charge in [-0.1, -0.05) is 35.5 Å². The van der Waals surface area contributed by atoms with E-state index in [2.05, 4.69) is 20.4 Å². The fraction of sp³-hybridized carbons (Fsp3) is 0.240. The third kappa shape index (κ3) is 3.69. The Kier molecular flexibility index (Phi) is 5.45. The van der Waals surface area contributed by atoms with Gasteiger partial charge in [0.15, 0.2) is 21.4 Å². The number of nitrogens with two attached hydrogens (primary N) is 1. The van der Waals surface area contributed by atoms with Gasteiger partial charge < -0.3 is 15.6 Å². The highest BCUT2D eigenvalue weighted by molar-refractivity contribution is 7.93. The molecule has 0 fully saturated rings. The molecule has 0 bridgehead atoms. The molecule has 10 heteroatoms. The van der Waals surface area contributed by atoms with Crippen LogP contribution in [0.1, 0.15) is 31.1 Å². The molecule has 0 saturated carbocycles. The molecule has 0 saturated heterocycles. The van der Waals surface area contributed by atoms with Gasteiger partial charge in [0.2, 0.25) is 0 Å². The monoisotopic (exact) mass is 493 g/mol. The molecule has 3 heterocycles. The number of rotatable bonds is 5. The van der Waals surface area contributed by atoms with Crippen LogP contribution in [0, 0.1) is 0 Å². The topological polar surface area (TPSA) is 124 Å². The third-order valence-electron chi connectivity index (χ3n) is 6.34. The summed E-state index contributed by atoms with van der Waals surface area (Å²) >= 11 is 0. The maximum atomic E-state index is 15.1. The number of nitrogens with one attached hydrogen (secondary N) is 1. The number of benzene rings is 2. The number of anilines is 1. The first kappa shape index (κ1) is 23.1. The second kappa shape index (κ2) is 8.24. The molecule has 180 valence electrons. The predicted octanol–water partition coefficient (Wildman–Crippen LogP) is 4.34. The number of nitrogens with zero attached hydrogens (tertiary/aromatic N) is 3. The molecule has 8 nitrogen and oxygen atoms in total. The summed E-state index contributed by atoms with van der Waals surface area (Å²) in [5.74, 6) is 0.707. The lowest BCUT2D eigenvalue weighted by Crippen LogP contribution is -2.30. The lowest BCUT2D eigenvalue weighted by atomic mass is 9.98. The molecule has 35 heavy (non-hydrogen) atoms. The quantitative estimate of drug-likeness (QED) is 0.421. The van der Waals surface area contributed by atoms with E-state index in [-0.39, 0.29) is 16.3 Å². The number of fused-ring (bicyclic) bond motifs is 1. The Bertz CT molecular complexity index is 1530. The maximum absolute atomic E-state index is 15.1. The van der Waals surface area contributed by atoms with Gasteiger partial charge in [0.25, 0.3) is 0 Å². The minimum atomic E-state index is -3.78. The number of alkyl halides is 1. The van der Waals surface area contributed by atoms with E-state index in [1.54, 1.807) is 12.1 Å². The van der Waals surface area contributed by atoms with Crippen LogP contribution < -0.4 is 11.1 Å². The van der Waals surface area contributed by atoms with E-state index >= 15 is 4.39 Å². The fourth-order valence-electron chi connectivity index (χ4n) is 4.18. The van der Waals surface area contributed by atoms with Crippen LogP contribution in [0.3, 0.4) is 0 Å². The normalized spacial score (nSPS) is 17.9. The molecule has 0 spiro atoms. The molecule has 5 rings (SSSR count). The highest BCUT2D eigenvalue weighted by atomic mass is 32.2. The van der Waals surface area contributed by atoms with Crippen LogP contribution in [0.4, 0.5) is 10.2 Å². The summed E-state index contributed by atoms with van der Waals surface area (Å²) in [5.41, 5.74) is 9.85.